The van der Waals surface area contributed by atoms with E-state index in [2.05, 4.69) is 205 Å². The van der Waals surface area contributed by atoms with Gasteiger partial charge in [0.25, 0.3) is 0 Å². The normalized spacial score (nSPS) is 11.7. The quantitative estimate of drug-likeness (QED) is 0.165. The molecule has 0 unspecified atom stereocenters. The Kier molecular flexibility index (Phi) is 7.50. The lowest BCUT2D eigenvalue weighted by Crippen LogP contribution is -1.96. The molecule has 4 heteroatoms. The molecule has 12 rings (SSSR count). The van der Waals surface area contributed by atoms with E-state index in [1.54, 1.807) is 0 Å². The van der Waals surface area contributed by atoms with Crippen LogP contribution in [0.3, 0.4) is 0 Å². The van der Waals surface area contributed by atoms with Crippen LogP contribution in [-0.4, -0.2) is 19.5 Å². The fraction of sp³-hybridized carbons (Fsp3) is 0. The van der Waals surface area contributed by atoms with E-state index in [0.29, 0.717) is 5.82 Å². The van der Waals surface area contributed by atoms with Crippen molar-refractivity contribution in [1.82, 2.24) is 19.5 Å². The number of pyridine rings is 1. The average Bonchev–Trinajstić information content (AvgIpc) is 3.63. The molecular weight excluding hydrogens is 717 g/mol. The zero-order chi connectivity index (χ0) is 38.9. The predicted molar refractivity (Wildman–Crippen MR) is 246 cm³/mol. The maximum Gasteiger partial charge on any atom is 0.160 e. The first-order valence-electron chi connectivity index (χ1n) is 20.0. The maximum absolute atomic E-state index is 5.35. The van der Waals surface area contributed by atoms with Gasteiger partial charge in [0, 0.05) is 49.3 Å². The molecule has 0 spiro atoms. The monoisotopic (exact) mass is 750 g/mol. The highest BCUT2D eigenvalue weighted by Gasteiger charge is 2.19. The summed E-state index contributed by atoms with van der Waals surface area (Å²) in [7, 11) is 0. The van der Waals surface area contributed by atoms with Crippen molar-refractivity contribution >= 4 is 65.2 Å². The molecule has 0 atom stereocenters. The molecule has 0 aliphatic carbocycles. The highest BCUT2D eigenvalue weighted by Crippen LogP contribution is 2.41. The molecule has 0 saturated heterocycles. The molecule has 4 nitrogen and oxygen atoms in total. The van der Waals surface area contributed by atoms with Gasteiger partial charge in [0.15, 0.2) is 5.82 Å². The summed E-state index contributed by atoms with van der Waals surface area (Å²) in [4.78, 5) is 15.8. The number of nitrogens with zero attached hydrogens (tertiary/aromatic N) is 4. The number of fused-ring (bicyclic) bond motifs is 8. The van der Waals surface area contributed by atoms with Crippen molar-refractivity contribution in [2.75, 3.05) is 0 Å². The molecule has 0 aliphatic heterocycles. The number of para-hydroxylation sites is 2. The van der Waals surface area contributed by atoms with Crippen LogP contribution in [0.25, 0.3) is 116 Å². The molecule has 274 valence electrons. The summed E-state index contributed by atoms with van der Waals surface area (Å²) < 4.78 is 2.40. The van der Waals surface area contributed by atoms with Gasteiger partial charge in [-0.15, -0.1) is 0 Å². The number of hydrogen-bond acceptors (Lipinski definition) is 3. The fourth-order valence-electron chi connectivity index (χ4n) is 9.00. The van der Waals surface area contributed by atoms with Crippen molar-refractivity contribution in [3.05, 3.63) is 206 Å². The van der Waals surface area contributed by atoms with Crippen molar-refractivity contribution < 1.29 is 0 Å². The maximum atomic E-state index is 5.35. The van der Waals surface area contributed by atoms with Crippen molar-refractivity contribution in [3.8, 4) is 50.7 Å². The summed E-state index contributed by atoms with van der Waals surface area (Å²) in [5.41, 5.74) is 12.6. The van der Waals surface area contributed by atoms with Crippen LogP contribution >= 0.6 is 0 Å². The number of rotatable bonds is 5. The van der Waals surface area contributed by atoms with Gasteiger partial charge in [0.2, 0.25) is 0 Å². The lowest BCUT2D eigenvalue weighted by Gasteiger charge is -2.13. The first-order chi connectivity index (χ1) is 29.2. The third kappa shape index (κ3) is 5.42. The van der Waals surface area contributed by atoms with Crippen molar-refractivity contribution in [2.24, 2.45) is 0 Å². The van der Waals surface area contributed by atoms with E-state index in [-0.39, 0.29) is 0 Å². The molecular formula is C55H34N4. The molecule has 0 N–H and O–H groups in total. The van der Waals surface area contributed by atoms with Crippen LogP contribution in [-0.2, 0) is 0 Å². The molecule has 3 aromatic heterocycles. The Bertz CT molecular complexity index is 3600. The molecule has 0 amide bonds. The van der Waals surface area contributed by atoms with Gasteiger partial charge in [-0.05, 0) is 69.8 Å². The van der Waals surface area contributed by atoms with E-state index < -0.39 is 0 Å². The highest BCUT2D eigenvalue weighted by molar-refractivity contribution is 6.19. The molecule has 0 radical (unpaired) electrons. The second kappa shape index (κ2) is 13.3. The first kappa shape index (κ1) is 33.2. The second-order valence-corrected chi connectivity index (χ2v) is 15.2. The summed E-state index contributed by atoms with van der Waals surface area (Å²) in [6.07, 6.45) is 0. The van der Waals surface area contributed by atoms with E-state index in [1.165, 1.54) is 26.9 Å². The van der Waals surface area contributed by atoms with Crippen LogP contribution < -0.4 is 0 Å². The Labute approximate surface area is 340 Å². The number of aromatic nitrogens is 4. The SMILES string of the molecule is c1ccc(-c2nc3cc4c5ccc(-c6cccc(-c7nc(-c8cccc9ccccc89)c8ccccc8n7)c6)cc5n(-c5ccccc5)c4cc3c3ccccc23)cc1. The van der Waals surface area contributed by atoms with Crippen LogP contribution in [0.5, 0.6) is 0 Å². The largest absolute Gasteiger partial charge is 0.309 e. The second-order valence-electron chi connectivity index (χ2n) is 15.2. The van der Waals surface area contributed by atoms with Gasteiger partial charge in [-0.3, -0.25) is 0 Å². The van der Waals surface area contributed by atoms with Crippen molar-refractivity contribution in [3.63, 3.8) is 0 Å². The van der Waals surface area contributed by atoms with Gasteiger partial charge in [-0.2, -0.15) is 0 Å². The minimum atomic E-state index is 0.703. The van der Waals surface area contributed by atoms with Gasteiger partial charge in [0.05, 0.1) is 33.5 Å². The number of benzene rings is 9. The fourth-order valence-corrected chi connectivity index (χ4v) is 9.00. The van der Waals surface area contributed by atoms with Gasteiger partial charge < -0.3 is 4.57 Å². The van der Waals surface area contributed by atoms with Crippen LogP contribution in [0.4, 0.5) is 0 Å². The van der Waals surface area contributed by atoms with Crippen LogP contribution in [0.2, 0.25) is 0 Å². The third-order valence-corrected chi connectivity index (χ3v) is 11.8. The third-order valence-electron chi connectivity index (χ3n) is 11.8. The van der Waals surface area contributed by atoms with Crippen LogP contribution in [0.1, 0.15) is 0 Å². The Balaban J connectivity index is 1.05. The molecule has 3 heterocycles. The van der Waals surface area contributed by atoms with Crippen LogP contribution in [0, 0.1) is 0 Å². The molecule has 9 aromatic carbocycles. The van der Waals surface area contributed by atoms with Gasteiger partial charge in [-0.25, -0.2) is 15.0 Å². The van der Waals surface area contributed by atoms with E-state index in [0.717, 1.165) is 83.1 Å². The van der Waals surface area contributed by atoms with E-state index >= 15 is 0 Å². The molecule has 0 aliphatic rings. The lowest BCUT2D eigenvalue weighted by molar-refractivity contribution is 1.18. The van der Waals surface area contributed by atoms with E-state index in [4.69, 9.17) is 15.0 Å². The topological polar surface area (TPSA) is 43.6 Å². The lowest BCUT2D eigenvalue weighted by atomic mass is 9.98. The standard InChI is InChI=1S/C55H34N4/c1-3-16-36(17-4-1)53-45-25-10-9-24-42(45)47-34-52-48(33-50(47)56-53)43-30-29-38(32-51(43)59(52)40-21-5-2-6-22-40)37-19-13-20-39(31-37)55-57-49-28-12-11-26-46(49)54(58-55)44-27-14-18-35-15-7-8-23-41(35)44/h1-34H. The highest BCUT2D eigenvalue weighted by atomic mass is 15.0. The minimum Gasteiger partial charge on any atom is -0.309 e. The molecule has 59 heavy (non-hydrogen) atoms. The smallest absolute Gasteiger partial charge is 0.160 e. The first-order valence-corrected chi connectivity index (χ1v) is 20.0. The summed E-state index contributed by atoms with van der Waals surface area (Å²) in [5, 5.41) is 9.23. The Morgan fingerprint density at radius 1 is 0.305 bits per heavy atom. The van der Waals surface area contributed by atoms with Crippen molar-refractivity contribution in [1.29, 1.82) is 0 Å². The van der Waals surface area contributed by atoms with Gasteiger partial charge in [-0.1, -0.05) is 164 Å². The molecule has 0 bridgehead atoms. The Hall–Kier alpha value is -7.95. The Morgan fingerprint density at radius 3 is 1.81 bits per heavy atom. The zero-order valence-electron chi connectivity index (χ0n) is 31.9. The zero-order valence-corrected chi connectivity index (χ0v) is 31.9. The molecule has 0 saturated carbocycles. The Morgan fingerprint density at radius 2 is 0.949 bits per heavy atom. The minimum absolute atomic E-state index is 0.703. The average molecular weight is 751 g/mol. The van der Waals surface area contributed by atoms with Gasteiger partial charge >= 0.3 is 0 Å². The van der Waals surface area contributed by atoms with E-state index in [9.17, 15) is 0 Å². The van der Waals surface area contributed by atoms with Gasteiger partial charge in [0.1, 0.15) is 0 Å². The summed E-state index contributed by atoms with van der Waals surface area (Å²) >= 11 is 0. The summed E-state index contributed by atoms with van der Waals surface area (Å²) in [6.45, 7) is 0. The predicted octanol–water partition coefficient (Wildman–Crippen LogP) is 14.2. The summed E-state index contributed by atoms with van der Waals surface area (Å²) in [6, 6.07) is 73.2. The van der Waals surface area contributed by atoms with Crippen LogP contribution in [0.15, 0.2) is 206 Å². The number of hydrogen-bond donors (Lipinski definition) is 0. The summed E-state index contributed by atoms with van der Waals surface area (Å²) in [5.74, 6) is 0.703. The molecule has 0 fully saturated rings. The molecule has 12 aromatic rings. The van der Waals surface area contributed by atoms with Crippen molar-refractivity contribution in [2.45, 2.75) is 0 Å². The van der Waals surface area contributed by atoms with E-state index in [1.807, 2.05) is 6.07 Å².